The number of ether oxygens (including phenoxy) is 2. The summed E-state index contributed by atoms with van der Waals surface area (Å²) in [6, 6.07) is 1.75. The number of carbonyl (C=O) groups is 1. The number of furan rings is 1. The summed E-state index contributed by atoms with van der Waals surface area (Å²) in [4.78, 5) is 14.3. The first kappa shape index (κ1) is 14.6. The van der Waals surface area contributed by atoms with Gasteiger partial charge in [-0.1, -0.05) is 0 Å². The number of piperidine rings is 1. The van der Waals surface area contributed by atoms with Crippen molar-refractivity contribution < 1.29 is 18.7 Å². The van der Waals surface area contributed by atoms with E-state index in [4.69, 9.17) is 13.9 Å². The van der Waals surface area contributed by atoms with Crippen molar-refractivity contribution in [3.8, 4) is 0 Å². The molecule has 0 radical (unpaired) electrons. The maximum atomic E-state index is 12.4. The highest BCUT2D eigenvalue weighted by Crippen LogP contribution is 2.20. The van der Waals surface area contributed by atoms with Crippen molar-refractivity contribution in [2.24, 2.45) is 5.92 Å². The number of hydrogen-bond donors (Lipinski definition) is 0. The lowest BCUT2D eigenvalue weighted by molar-refractivity contribution is -0.00796. The molecule has 5 heteroatoms. The fraction of sp³-hybridized carbons (Fsp3) is 0.688. The summed E-state index contributed by atoms with van der Waals surface area (Å²) < 4.78 is 16.5. The highest BCUT2D eigenvalue weighted by molar-refractivity contribution is 5.95. The van der Waals surface area contributed by atoms with Gasteiger partial charge in [-0.05, 0) is 32.3 Å². The molecule has 0 bridgehead atoms. The highest BCUT2D eigenvalue weighted by atomic mass is 16.5. The van der Waals surface area contributed by atoms with E-state index in [0.717, 1.165) is 52.2 Å². The van der Waals surface area contributed by atoms with E-state index in [-0.39, 0.29) is 12.0 Å². The zero-order valence-electron chi connectivity index (χ0n) is 12.5. The Morgan fingerprint density at radius 2 is 2.19 bits per heavy atom. The predicted octanol–water partition coefficient (Wildman–Crippen LogP) is 2.25. The second-order valence-corrected chi connectivity index (χ2v) is 5.94. The van der Waals surface area contributed by atoms with Crippen LogP contribution in [0.5, 0.6) is 0 Å². The minimum atomic E-state index is 0.0730. The van der Waals surface area contributed by atoms with Gasteiger partial charge in [0, 0.05) is 25.6 Å². The summed E-state index contributed by atoms with van der Waals surface area (Å²) in [5.41, 5.74) is 0.678. The van der Waals surface area contributed by atoms with Gasteiger partial charge in [-0.2, -0.15) is 0 Å². The summed E-state index contributed by atoms with van der Waals surface area (Å²) in [5, 5.41) is 0. The molecule has 0 aromatic carbocycles. The van der Waals surface area contributed by atoms with Crippen molar-refractivity contribution in [3.63, 3.8) is 0 Å². The number of aryl methyl sites for hydroxylation is 1. The fourth-order valence-corrected chi connectivity index (χ4v) is 2.99. The van der Waals surface area contributed by atoms with Crippen LogP contribution in [0.1, 0.15) is 35.4 Å². The Morgan fingerprint density at radius 1 is 1.38 bits per heavy atom. The number of hydrogen-bond acceptors (Lipinski definition) is 4. The Morgan fingerprint density at radius 3 is 2.81 bits per heavy atom. The Kier molecular flexibility index (Phi) is 4.60. The van der Waals surface area contributed by atoms with Crippen molar-refractivity contribution in [1.82, 2.24) is 4.90 Å². The molecule has 1 unspecified atom stereocenters. The number of amides is 1. The lowest BCUT2D eigenvalue weighted by Crippen LogP contribution is -2.41. The molecule has 1 aromatic heterocycles. The van der Waals surface area contributed by atoms with E-state index in [9.17, 15) is 4.79 Å². The maximum absolute atomic E-state index is 12.4. The maximum Gasteiger partial charge on any atom is 0.257 e. The third-order valence-corrected chi connectivity index (χ3v) is 4.41. The molecular weight excluding hydrogens is 270 g/mol. The Balaban J connectivity index is 1.44. The zero-order valence-corrected chi connectivity index (χ0v) is 12.5. The molecule has 1 amide bonds. The SMILES string of the molecule is Cc1occc1C(=O)N1CCC(OCC2CCOC2)CC1. The minimum Gasteiger partial charge on any atom is -0.469 e. The number of rotatable bonds is 4. The van der Waals surface area contributed by atoms with E-state index in [1.807, 2.05) is 11.8 Å². The largest absolute Gasteiger partial charge is 0.469 e. The van der Waals surface area contributed by atoms with Crippen molar-refractivity contribution in [2.75, 3.05) is 32.9 Å². The van der Waals surface area contributed by atoms with Crippen molar-refractivity contribution in [1.29, 1.82) is 0 Å². The van der Waals surface area contributed by atoms with Crippen molar-refractivity contribution in [2.45, 2.75) is 32.3 Å². The summed E-state index contributed by atoms with van der Waals surface area (Å²) in [6.45, 7) is 5.83. The summed E-state index contributed by atoms with van der Waals surface area (Å²) in [6.07, 6.45) is 4.78. The highest BCUT2D eigenvalue weighted by Gasteiger charge is 2.26. The average Bonchev–Trinajstić information content (AvgIpc) is 3.16. The van der Waals surface area contributed by atoms with Gasteiger partial charge in [0.05, 0.1) is 31.1 Å². The quantitative estimate of drug-likeness (QED) is 0.854. The van der Waals surface area contributed by atoms with E-state index in [2.05, 4.69) is 0 Å². The van der Waals surface area contributed by atoms with E-state index < -0.39 is 0 Å². The van der Waals surface area contributed by atoms with E-state index >= 15 is 0 Å². The summed E-state index contributed by atoms with van der Waals surface area (Å²) in [7, 11) is 0. The first-order valence-electron chi connectivity index (χ1n) is 7.76. The van der Waals surface area contributed by atoms with Crippen LogP contribution in [0.3, 0.4) is 0 Å². The average molecular weight is 293 g/mol. The molecule has 0 N–H and O–H groups in total. The van der Waals surface area contributed by atoms with Gasteiger partial charge >= 0.3 is 0 Å². The molecule has 1 aromatic rings. The van der Waals surface area contributed by atoms with Crippen molar-refractivity contribution in [3.05, 3.63) is 23.7 Å². The summed E-state index contributed by atoms with van der Waals surface area (Å²) >= 11 is 0. The number of nitrogens with zero attached hydrogens (tertiary/aromatic N) is 1. The molecule has 116 valence electrons. The van der Waals surface area contributed by atoms with Crippen LogP contribution in [-0.4, -0.2) is 49.8 Å². The second-order valence-electron chi connectivity index (χ2n) is 5.94. The lowest BCUT2D eigenvalue weighted by atomic mass is 10.1. The standard InChI is InChI=1S/C16H23NO4/c1-12-15(5-9-20-12)16(18)17-6-2-14(3-7-17)21-11-13-4-8-19-10-13/h5,9,13-14H,2-4,6-8,10-11H2,1H3. The monoisotopic (exact) mass is 293 g/mol. The molecule has 1 atom stereocenters. The molecule has 0 aliphatic carbocycles. The molecule has 3 rings (SSSR count). The van der Waals surface area contributed by atoms with E-state index in [1.165, 1.54) is 0 Å². The summed E-state index contributed by atoms with van der Waals surface area (Å²) in [5.74, 6) is 1.32. The van der Waals surface area contributed by atoms with Gasteiger partial charge < -0.3 is 18.8 Å². The van der Waals surface area contributed by atoms with Crippen LogP contribution in [0.4, 0.5) is 0 Å². The third kappa shape index (κ3) is 3.47. The number of likely N-dealkylation sites (tertiary alicyclic amines) is 1. The van der Waals surface area contributed by atoms with Gasteiger partial charge in [0.25, 0.3) is 5.91 Å². The van der Waals surface area contributed by atoms with Gasteiger partial charge in [0.15, 0.2) is 0 Å². The topological polar surface area (TPSA) is 51.9 Å². The van der Waals surface area contributed by atoms with Crippen LogP contribution in [0, 0.1) is 12.8 Å². The van der Waals surface area contributed by atoms with Crippen molar-refractivity contribution >= 4 is 5.91 Å². The molecule has 0 spiro atoms. The lowest BCUT2D eigenvalue weighted by Gasteiger charge is -2.32. The molecule has 2 fully saturated rings. The zero-order chi connectivity index (χ0) is 14.7. The molecule has 21 heavy (non-hydrogen) atoms. The molecule has 3 heterocycles. The van der Waals surface area contributed by atoms with E-state index in [1.54, 1.807) is 12.3 Å². The molecular formula is C16H23NO4. The van der Waals surface area contributed by atoms with Crippen LogP contribution in [0.2, 0.25) is 0 Å². The van der Waals surface area contributed by atoms with Gasteiger partial charge in [0.1, 0.15) is 5.76 Å². The van der Waals surface area contributed by atoms with Gasteiger partial charge in [-0.3, -0.25) is 4.79 Å². The van der Waals surface area contributed by atoms with Crippen LogP contribution >= 0.6 is 0 Å². The Hall–Kier alpha value is -1.33. The molecule has 2 aliphatic heterocycles. The van der Waals surface area contributed by atoms with Gasteiger partial charge in [0.2, 0.25) is 0 Å². The second kappa shape index (κ2) is 6.62. The van der Waals surface area contributed by atoms with Crippen LogP contribution in [0.15, 0.2) is 16.7 Å². The first-order chi connectivity index (χ1) is 10.2. The Bertz CT molecular complexity index is 470. The van der Waals surface area contributed by atoms with Crippen LogP contribution in [-0.2, 0) is 9.47 Å². The smallest absolute Gasteiger partial charge is 0.257 e. The number of carbonyl (C=O) groups excluding carboxylic acids is 1. The van der Waals surface area contributed by atoms with Gasteiger partial charge in [-0.25, -0.2) is 0 Å². The predicted molar refractivity (Wildman–Crippen MR) is 77.2 cm³/mol. The Labute approximate surface area is 125 Å². The van der Waals surface area contributed by atoms with Gasteiger partial charge in [-0.15, -0.1) is 0 Å². The van der Waals surface area contributed by atoms with Crippen LogP contribution < -0.4 is 0 Å². The third-order valence-electron chi connectivity index (χ3n) is 4.41. The van der Waals surface area contributed by atoms with Crippen LogP contribution in [0.25, 0.3) is 0 Å². The molecule has 0 saturated carbocycles. The molecule has 2 aliphatic rings. The minimum absolute atomic E-state index is 0.0730. The van der Waals surface area contributed by atoms with E-state index in [0.29, 0.717) is 17.2 Å². The molecule has 2 saturated heterocycles. The first-order valence-corrected chi connectivity index (χ1v) is 7.76. The fourth-order valence-electron chi connectivity index (χ4n) is 2.99. The molecule has 5 nitrogen and oxygen atoms in total. The normalized spacial score (nSPS) is 23.7.